The van der Waals surface area contributed by atoms with Gasteiger partial charge in [0, 0.05) is 7.11 Å². The Morgan fingerprint density at radius 2 is 1.80 bits per heavy atom. The summed E-state index contributed by atoms with van der Waals surface area (Å²) in [6.45, 7) is 8.24. The van der Waals surface area contributed by atoms with E-state index in [4.69, 9.17) is 19.7 Å². The minimum absolute atomic E-state index is 0.0833. The largest absolute Gasteiger partial charge is 0.504 e. The molecule has 0 bridgehead atoms. The maximum Gasteiger partial charge on any atom is 0.338 e. The van der Waals surface area contributed by atoms with Crippen LogP contribution < -0.4 is 0 Å². The third kappa shape index (κ3) is 6.43. The van der Waals surface area contributed by atoms with Gasteiger partial charge < -0.3 is 19.7 Å². The highest BCUT2D eigenvalue weighted by atomic mass is 16.5. The molecule has 20 heavy (non-hydrogen) atoms. The molecule has 0 saturated carbocycles. The van der Waals surface area contributed by atoms with Crippen molar-refractivity contribution in [3.05, 3.63) is 23.8 Å². The lowest BCUT2D eigenvalue weighted by molar-refractivity contribution is 0.0196. The fourth-order valence-electron chi connectivity index (χ4n) is 1.01. The Morgan fingerprint density at radius 3 is 2.15 bits per heavy atom. The Hall–Kier alpha value is -1.75. The van der Waals surface area contributed by atoms with E-state index in [2.05, 4.69) is 20.8 Å². The number of hydrogen-bond donors (Lipinski definition) is 2. The summed E-state index contributed by atoms with van der Waals surface area (Å²) in [6.07, 6.45) is 1.07. The molecule has 0 amide bonds. The van der Waals surface area contributed by atoms with Crippen molar-refractivity contribution in [2.75, 3.05) is 13.7 Å². The number of hydrogen-bond acceptors (Lipinski definition) is 5. The predicted octanol–water partition coefficient (Wildman–Crippen LogP) is 3.10. The molecule has 0 radical (unpaired) electrons. The summed E-state index contributed by atoms with van der Waals surface area (Å²) in [7, 11) is 1.74. The third-order valence-corrected chi connectivity index (χ3v) is 2.89. The standard InChI is InChI=1S/C9H10O4.C6H14O/c1-2-13-9(12)6-3-4-7(10)8(11)5-6;1-5-6(2,3)7-4/h3-5,10-11H,2H2,1H3;5H2,1-4H3. The zero-order valence-electron chi connectivity index (χ0n) is 12.8. The van der Waals surface area contributed by atoms with Crippen molar-refractivity contribution >= 4 is 5.97 Å². The van der Waals surface area contributed by atoms with Crippen LogP contribution in [0.3, 0.4) is 0 Å². The summed E-state index contributed by atoms with van der Waals surface area (Å²) in [4.78, 5) is 11.1. The smallest absolute Gasteiger partial charge is 0.338 e. The van der Waals surface area contributed by atoms with Crippen LogP contribution in [0.1, 0.15) is 44.5 Å². The Labute approximate surface area is 120 Å². The van der Waals surface area contributed by atoms with Crippen LogP contribution in [0, 0.1) is 0 Å². The normalized spacial score (nSPS) is 10.4. The second kappa shape index (κ2) is 8.43. The summed E-state index contributed by atoms with van der Waals surface area (Å²) in [6, 6.07) is 3.78. The zero-order chi connectivity index (χ0) is 15.8. The van der Waals surface area contributed by atoms with E-state index in [0.717, 1.165) is 12.5 Å². The van der Waals surface area contributed by atoms with Crippen LogP contribution in [0.5, 0.6) is 11.5 Å². The van der Waals surface area contributed by atoms with Gasteiger partial charge in [-0.05, 0) is 45.4 Å². The molecule has 1 aromatic rings. The Kier molecular flexibility index (Phi) is 7.69. The van der Waals surface area contributed by atoms with Gasteiger partial charge in [0.2, 0.25) is 0 Å². The van der Waals surface area contributed by atoms with Crippen molar-refractivity contribution in [2.24, 2.45) is 0 Å². The van der Waals surface area contributed by atoms with Crippen molar-refractivity contribution in [1.29, 1.82) is 0 Å². The van der Waals surface area contributed by atoms with E-state index in [9.17, 15) is 4.79 Å². The first-order valence-electron chi connectivity index (χ1n) is 6.51. The summed E-state index contributed by atoms with van der Waals surface area (Å²) in [5.74, 6) is -1.10. The average molecular weight is 284 g/mol. The summed E-state index contributed by atoms with van der Waals surface area (Å²) < 4.78 is 9.78. The monoisotopic (exact) mass is 284 g/mol. The molecule has 0 aliphatic rings. The Bertz CT molecular complexity index is 420. The fourth-order valence-corrected chi connectivity index (χ4v) is 1.01. The van der Waals surface area contributed by atoms with Crippen LogP contribution in [0.25, 0.3) is 0 Å². The zero-order valence-corrected chi connectivity index (χ0v) is 12.8. The van der Waals surface area contributed by atoms with Crippen molar-refractivity contribution < 1.29 is 24.5 Å². The second-order valence-corrected chi connectivity index (χ2v) is 4.74. The van der Waals surface area contributed by atoms with E-state index in [0.29, 0.717) is 0 Å². The molecule has 2 N–H and O–H groups in total. The van der Waals surface area contributed by atoms with Crippen LogP contribution in [-0.4, -0.2) is 35.5 Å². The number of ether oxygens (including phenoxy) is 2. The third-order valence-electron chi connectivity index (χ3n) is 2.89. The summed E-state index contributed by atoms with van der Waals surface area (Å²) >= 11 is 0. The molecule has 0 spiro atoms. The molecule has 0 heterocycles. The Balaban J connectivity index is 0.000000441. The van der Waals surface area contributed by atoms with Crippen LogP contribution in [0.4, 0.5) is 0 Å². The predicted molar refractivity (Wildman–Crippen MR) is 77.1 cm³/mol. The van der Waals surface area contributed by atoms with E-state index in [-0.39, 0.29) is 29.3 Å². The second-order valence-electron chi connectivity index (χ2n) is 4.74. The molecule has 0 aliphatic carbocycles. The number of phenols is 2. The van der Waals surface area contributed by atoms with Crippen LogP contribution in [0.2, 0.25) is 0 Å². The van der Waals surface area contributed by atoms with Gasteiger partial charge in [-0.2, -0.15) is 0 Å². The SMILES string of the molecule is CCC(C)(C)OC.CCOC(=O)c1ccc(O)c(O)c1. The lowest BCUT2D eigenvalue weighted by Gasteiger charge is -2.19. The first-order chi connectivity index (χ1) is 9.27. The van der Waals surface area contributed by atoms with E-state index >= 15 is 0 Å². The van der Waals surface area contributed by atoms with Gasteiger partial charge in [0.15, 0.2) is 11.5 Å². The van der Waals surface area contributed by atoms with Crippen LogP contribution in [-0.2, 0) is 9.47 Å². The van der Waals surface area contributed by atoms with E-state index in [1.54, 1.807) is 14.0 Å². The molecule has 1 rings (SSSR count). The molecule has 0 aliphatic heterocycles. The topological polar surface area (TPSA) is 76.0 Å². The lowest BCUT2D eigenvalue weighted by Crippen LogP contribution is -2.20. The molecule has 5 heteroatoms. The molecule has 1 aromatic carbocycles. The number of methoxy groups -OCH3 is 1. The molecule has 114 valence electrons. The first-order valence-corrected chi connectivity index (χ1v) is 6.51. The highest BCUT2D eigenvalue weighted by molar-refractivity contribution is 5.90. The minimum Gasteiger partial charge on any atom is -0.504 e. The first kappa shape index (κ1) is 18.2. The maximum absolute atomic E-state index is 11.1. The van der Waals surface area contributed by atoms with Gasteiger partial charge >= 0.3 is 5.97 Å². The van der Waals surface area contributed by atoms with E-state index < -0.39 is 5.97 Å². The molecule has 0 unspecified atom stereocenters. The van der Waals surface area contributed by atoms with Crippen molar-refractivity contribution in [2.45, 2.75) is 39.7 Å². The number of phenolic OH excluding ortho intramolecular Hbond substituents is 2. The van der Waals surface area contributed by atoms with Gasteiger partial charge in [0.1, 0.15) is 0 Å². The van der Waals surface area contributed by atoms with Gasteiger partial charge in [0.05, 0.1) is 17.8 Å². The highest BCUT2D eigenvalue weighted by Gasteiger charge is 2.11. The molecule has 5 nitrogen and oxygen atoms in total. The van der Waals surface area contributed by atoms with Gasteiger partial charge in [-0.15, -0.1) is 0 Å². The molecule has 0 aromatic heterocycles. The van der Waals surface area contributed by atoms with Gasteiger partial charge in [-0.25, -0.2) is 4.79 Å². The number of carbonyl (C=O) groups is 1. The van der Waals surface area contributed by atoms with Gasteiger partial charge in [-0.3, -0.25) is 0 Å². The molecule has 0 fully saturated rings. The summed E-state index contributed by atoms with van der Waals surface area (Å²) in [5.41, 5.74) is 0.303. The molecular formula is C15H24O5. The van der Waals surface area contributed by atoms with Crippen molar-refractivity contribution in [3.8, 4) is 11.5 Å². The van der Waals surface area contributed by atoms with Gasteiger partial charge in [0.25, 0.3) is 0 Å². The lowest BCUT2D eigenvalue weighted by atomic mass is 10.1. The number of aromatic hydroxyl groups is 2. The van der Waals surface area contributed by atoms with E-state index in [1.807, 2.05) is 0 Å². The summed E-state index contributed by atoms with van der Waals surface area (Å²) in [5, 5.41) is 18.0. The van der Waals surface area contributed by atoms with E-state index in [1.165, 1.54) is 12.1 Å². The average Bonchev–Trinajstić information content (AvgIpc) is 2.43. The number of carbonyl (C=O) groups excluding carboxylic acids is 1. The Morgan fingerprint density at radius 1 is 1.20 bits per heavy atom. The minimum atomic E-state index is -0.516. The number of esters is 1. The van der Waals surface area contributed by atoms with Crippen molar-refractivity contribution in [3.63, 3.8) is 0 Å². The number of rotatable bonds is 4. The van der Waals surface area contributed by atoms with Crippen molar-refractivity contribution in [1.82, 2.24) is 0 Å². The van der Waals surface area contributed by atoms with Gasteiger partial charge in [-0.1, -0.05) is 6.92 Å². The van der Waals surface area contributed by atoms with Crippen LogP contribution >= 0.6 is 0 Å². The quantitative estimate of drug-likeness (QED) is 0.656. The molecule has 0 atom stereocenters. The molecular weight excluding hydrogens is 260 g/mol. The molecule has 0 saturated heterocycles. The maximum atomic E-state index is 11.1. The fraction of sp³-hybridized carbons (Fsp3) is 0.533. The number of benzene rings is 1. The highest BCUT2D eigenvalue weighted by Crippen LogP contribution is 2.25. The van der Waals surface area contributed by atoms with Crippen LogP contribution in [0.15, 0.2) is 18.2 Å².